The molecule has 8 heterocycles. The molecule has 24 heteroatoms. The number of nitrogens with one attached hydrogen (secondary N) is 4. The summed E-state index contributed by atoms with van der Waals surface area (Å²) in [6.45, 7) is 20.1. The molecule has 8 aromatic heterocycles. The fourth-order valence-corrected chi connectivity index (χ4v) is 17.5. The van der Waals surface area contributed by atoms with Gasteiger partial charge in [-0.2, -0.15) is 0 Å². The van der Waals surface area contributed by atoms with Gasteiger partial charge < -0.3 is 41.7 Å². The summed E-state index contributed by atoms with van der Waals surface area (Å²) in [4.78, 5) is 91.3. The molecule has 0 radical (unpaired) electrons. The zero-order chi connectivity index (χ0) is 94.2. The van der Waals surface area contributed by atoms with Crippen LogP contribution in [0.15, 0.2) is 292 Å². The van der Waals surface area contributed by atoms with E-state index in [0.29, 0.717) is 36.1 Å². The number of thiophene rings is 4. The topological polar surface area (TPSA) is 300 Å². The molecule has 0 aliphatic rings. The first-order chi connectivity index (χ1) is 65.2. The van der Waals surface area contributed by atoms with Crippen LogP contribution < -0.4 is 21.3 Å². The third-order valence-corrected chi connectivity index (χ3v) is 25.2. The van der Waals surface area contributed by atoms with Crippen LogP contribution in [0.3, 0.4) is 0 Å². The van der Waals surface area contributed by atoms with E-state index >= 15 is 0 Å². The fourth-order valence-electron chi connectivity index (χ4n) is 14.2. The molecule has 16 aromatic rings. The second-order valence-electron chi connectivity index (χ2n) is 30.5. The van der Waals surface area contributed by atoms with Gasteiger partial charge in [0.15, 0.2) is 23.3 Å². The number of allylic oxidation sites excluding steroid dienone is 2. The van der Waals surface area contributed by atoms with E-state index in [4.69, 9.17) is 60.3 Å². The number of nitrogens with zero attached hydrogens (tertiary/aromatic N) is 8. The molecule has 0 atom stereocenters. The van der Waals surface area contributed by atoms with Gasteiger partial charge >= 0.3 is 23.9 Å². The molecule has 8 aromatic carbocycles. The highest BCUT2D eigenvalue weighted by Crippen LogP contribution is 2.38. The van der Waals surface area contributed by atoms with Gasteiger partial charge in [0.05, 0.1) is 43.5 Å². The first kappa shape index (κ1) is 96.0. The standard InChI is InChI=1S/C29H27N3O2S.C28H25N3O2S.C27H25N3O2S.C26H23N3O2S/c1-3-8-24-25(4-2)31-29(26-18-17-23(35-26)16-13-20-9-6-5-7-10-20)32-28(24)30-22-14-11-21(12-15-22)19-27(33)34;1-3-7-24-19(2)29-28(25-17-16-23(34-25)15-12-20-8-5-4-6-9-20)31-27(24)30-22-13-10-21(11-14-22)18-26(32)33;1-3-22-23(4-2)29-26(30-25(22)28-20-13-11-19(12-14-20)27(31)32)24-17-16-21(33-24)15-10-18-8-6-5-7-9-18;1-3-22-17(2)27-25(29-24(22)28-20-12-10-19(11-13-20)26(30)31)23-16-15-21(32-23)14-9-18-7-5-4-6-8-18/h3,5-7,9-18H,1,4,8,19H2,2H3,(H,33,34)(H,30,31,32);3-6,8-17H,1,7,18H2,2H3,(H,32,33)(H,29,30,31);5-17H,3-4H2,1-2H3,(H,31,32)(H,28,29,30);4-16H,3H2,1-2H3,(H,30,31)(H,27,28,29)/b16-13+;15-12+;15-10+;14-9+. The van der Waals surface area contributed by atoms with Gasteiger partial charge in [0.25, 0.3) is 0 Å². The molecule has 0 saturated carbocycles. The quantitative estimate of drug-likeness (QED) is 0.0174. The van der Waals surface area contributed by atoms with Crippen LogP contribution in [0, 0.1) is 13.8 Å². The average Bonchev–Trinajstić information content (AvgIpc) is 1.46. The van der Waals surface area contributed by atoms with Crippen LogP contribution in [0.4, 0.5) is 46.0 Å². The summed E-state index contributed by atoms with van der Waals surface area (Å²) < 4.78 is 0. The number of aromatic nitrogens is 8. The summed E-state index contributed by atoms with van der Waals surface area (Å²) in [5.41, 5.74) is 17.8. The van der Waals surface area contributed by atoms with Gasteiger partial charge in [-0.25, -0.2) is 49.5 Å². The maximum atomic E-state index is 11.1. The van der Waals surface area contributed by atoms with Crippen molar-refractivity contribution in [1.29, 1.82) is 0 Å². The van der Waals surface area contributed by atoms with Gasteiger partial charge in [0.2, 0.25) is 0 Å². The maximum absolute atomic E-state index is 11.1. The Labute approximate surface area is 795 Å². The van der Waals surface area contributed by atoms with Gasteiger partial charge in [0.1, 0.15) is 23.3 Å². The Bertz CT molecular complexity index is 6850. The summed E-state index contributed by atoms with van der Waals surface area (Å²) in [5.74, 6) is 2.11. The number of carboxylic acid groups (broad SMARTS) is 4. The van der Waals surface area contributed by atoms with Crippen molar-refractivity contribution < 1.29 is 39.6 Å². The Morgan fingerprint density at radius 2 is 0.567 bits per heavy atom. The van der Waals surface area contributed by atoms with Gasteiger partial charge in [-0.05, 0) is 231 Å². The van der Waals surface area contributed by atoms with Crippen LogP contribution in [0.25, 0.3) is 91.4 Å². The summed E-state index contributed by atoms with van der Waals surface area (Å²) in [6, 6.07) is 85.4. The Balaban J connectivity index is 0.000000152. The summed E-state index contributed by atoms with van der Waals surface area (Å²) in [6.07, 6.45) is 24.9. The van der Waals surface area contributed by atoms with Crippen LogP contribution >= 0.6 is 45.3 Å². The third kappa shape index (κ3) is 27.3. The lowest BCUT2D eigenvalue weighted by Gasteiger charge is -2.15. The number of hydrogen-bond acceptors (Lipinski definition) is 20. The molecule has 0 bridgehead atoms. The molecule has 134 heavy (non-hydrogen) atoms. The highest BCUT2D eigenvalue weighted by atomic mass is 32.1. The zero-order valence-electron chi connectivity index (χ0n) is 74.9. The highest BCUT2D eigenvalue weighted by Gasteiger charge is 2.21. The lowest BCUT2D eigenvalue weighted by molar-refractivity contribution is -0.137. The van der Waals surface area contributed by atoms with Gasteiger partial charge in [-0.15, -0.1) is 58.5 Å². The summed E-state index contributed by atoms with van der Waals surface area (Å²) >= 11 is 6.59. The number of rotatable bonds is 34. The van der Waals surface area contributed by atoms with Crippen molar-refractivity contribution in [3.63, 3.8) is 0 Å². The highest BCUT2D eigenvalue weighted by molar-refractivity contribution is 7.17. The van der Waals surface area contributed by atoms with Crippen molar-refractivity contribution in [2.24, 2.45) is 0 Å². The molecule has 20 nitrogen and oxygen atoms in total. The molecule has 0 fully saturated rings. The van der Waals surface area contributed by atoms with E-state index in [1.807, 2.05) is 159 Å². The second kappa shape index (κ2) is 47.8. The molecule has 672 valence electrons. The first-order valence-electron chi connectivity index (χ1n) is 43.6. The predicted molar refractivity (Wildman–Crippen MR) is 553 cm³/mol. The SMILES string of the molecule is C=CCc1c(C)nc(-c2ccc(/C=C/c3ccccc3)s2)nc1Nc1ccc(CC(=O)O)cc1.C=CCc1c(CC)nc(-c2ccc(/C=C/c3ccccc3)s2)nc1Nc1ccc(CC(=O)O)cc1.CCc1c(C)nc(-c2ccc(/C=C/c3ccccc3)s2)nc1Nc1ccc(C(=O)O)cc1.CCc1nc(-c2ccc(/C=C/c3ccccc3)s2)nc(Nc2ccc(C(=O)O)cc2)c1CC. The molecule has 0 saturated heterocycles. The Morgan fingerprint density at radius 1 is 0.299 bits per heavy atom. The normalized spacial score (nSPS) is 11.0. The maximum Gasteiger partial charge on any atom is 0.335 e. The Kier molecular flexibility index (Phi) is 34.2. The number of benzene rings is 8. The number of aryl methyl sites for hydroxylation is 4. The molecule has 0 aliphatic carbocycles. The number of carboxylic acids is 4. The first-order valence-corrected chi connectivity index (χ1v) is 46.9. The minimum atomic E-state index is -0.944. The minimum absolute atomic E-state index is 0.000931. The lowest BCUT2D eigenvalue weighted by atomic mass is 10.1. The van der Waals surface area contributed by atoms with E-state index in [-0.39, 0.29) is 24.0 Å². The predicted octanol–water partition coefficient (Wildman–Crippen LogP) is 27.5. The zero-order valence-corrected chi connectivity index (χ0v) is 78.1. The van der Waals surface area contributed by atoms with E-state index in [1.54, 1.807) is 93.9 Å². The van der Waals surface area contributed by atoms with E-state index in [1.165, 1.54) is 0 Å². The number of aliphatic carboxylic acids is 2. The Morgan fingerprint density at radius 3 is 0.858 bits per heavy atom. The van der Waals surface area contributed by atoms with Crippen LogP contribution in [0.1, 0.15) is 146 Å². The minimum Gasteiger partial charge on any atom is -0.481 e. The molecule has 0 amide bonds. The fraction of sp³-hybridized carbons (Fsp3) is 0.127. The number of aromatic carboxylic acids is 2. The molecule has 0 spiro atoms. The van der Waals surface area contributed by atoms with Crippen molar-refractivity contribution >= 4 is 164 Å². The number of carbonyl (C=O) groups is 4. The van der Waals surface area contributed by atoms with Crippen LogP contribution in [0.2, 0.25) is 0 Å². The molecular formula is C110H100N12O8S4. The van der Waals surface area contributed by atoms with Crippen LogP contribution in [-0.4, -0.2) is 84.2 Å². The van der Waals surface area contributed by atoms with Crippen molar-refractivity contribution in [3.05, 3.63) is 401 Å². The van der Waals surface area contributed by atoms with Crippen molar-refractivity contribution in [3.8, 4) is 42.8 Å². The van der Waals surface area contributed by atoms with Gasteiger partial charge in [0, 0.05) is 87.3 Å². The van der Waals surface area contributed by atoms with Crippen molar-refractivity contribution in [1.82, 2.24) is 39.9 Å². The molecule has 0 aliphatic heterocycles. The van der Waals surface area contributed by atoms with Gasteiger partial charge in [-0.3, -0.25) is 9.59 Å². The molecule has 16 rings (SSSR count). The van der Waals surface area contributed by atoms with Crippen molar-refractivity contribution in [2.75, 3.05) is 21.3 Å². The van der Waals surface area contributed by atoms with E-state index in [9.17, 15) is 19.2 Å². The lowest BCUT2D eigenvalue weighted by Crippen LogP contribution is -2.07. The molecular weight excluding hydrogens is 1750 g/mol. The van der Waals surface area contributed by atoms with Crippen molar-refractivity contribution in [2.45, 2.75) is 92.9 Å². The summed E-state index contributed by atoms with van der Waals surface area (Å²) in [5, 5.41) is 49.8. The van der Waals surface area contributed by atoms with Crippen LogP contribution in [0.5, 0.6) is 0 Å². The molecule has 8 N–H and O–H groups in total. The number of anilines is 8. The Hall–Kier alpha value is -15.6. The number of hydrogen-bond donors (Lipinski definition) is 8. The summed E-state index contributed by atoms with van der Waals surface area (Å²) in [7, 11) is 0. The van der Waals surface area contributed by atoms with E-state index in [2.05, 4.69) is 196 Å². The molecule has 0 unspecified atom stereocenters. The smallest absolute Gasteiger partial charge is 0.335 e. The largest absolute Gasteiger partial charge is 0.481 e. The second-order valence-corrected chi connectivity index (χ2v) is 35.0. The van der Waals surface area contributed by atoms with Gasteiger partial charge in [-0.1, -0.05) is 210 Å². The third-order valence-electron chi connectivity index (χ3n) is 21.0. The van der Waals surface area contributed by atoms with E-state index < -0.39 is 23.9 Å². The van der Waals surface area contributed by atoms with E-state index in [0.717, 1.165) is 189 Å². The average molecular weight is 1850 g/mol. The monoisotopic (exact) mass is 1840 g/mol. The van der Waals surface area contributed by atoms with Crippen LogP contribution in [-0.2, 0) is 61.0 Å².